The van der Waals surface area contributed by atoms with Crippen LogP contribution in [0.3, 0.4) is 0 Å². The Bertz CT molecular complexity index is 748. The first-order valence-electron chi connectivity index (χ1n) is 7.29. The second-order valence-corrected chi connectivity index (χ2v) is 5.67. The van der Waals surface area contributed by atoms with Crippen LogP contribution in [0.15, 0.2) is 28.7 Å². The van der Waals surface area contributed by atoms with E-state index >= 15 is 0 Å². The Morgan fingerprint density at radius 2 is 2.00 bits per heavy atom. The van der Waals surface area contributed by atoms with Crippen LogP contribution in [0.25, 0.3) is 11.0 Å². The Kier molecular flexibility index (Phi) is 4.04. The second-order valence-electron chi connectivity index (χ2n) is 5.67. The van der Waals surface area contributed by atoms with E-state index in [9.17, 15) is 19.1 Å². The zero-order valence-corrected chi connectivity index (χ0v) is 12.3. The summed E-state index contributed by atoms with van der Waals surface area (Å²) in [5, 5.41) is 12.5. The van der Waals surface area contributed by atoms with Crippen LogP contribution in [0, 0.1) is 11.2 Å². The molecule has 1 amide bonds. The number of ether oxygens (including phenoxy) is 1. The van der Waals surface area contributed by atoms with Crippen LogP contribution in [0.5, 0.6) is 0 Å². The van der Waals surface area contributed by atoms with Gasteiger partial charge in [0, 0.05) is 25.1 Å². The molecule has 0 radical (unpaired) electrons. The van der Waals surface area contributed by atoms with Crippen molar-refractivity contribution in [2.75, 3.05) is 19.8 Å². The fraction of sp³-hybridized carbons (Fsp3) is 0.375. The molecule has 2 aromatic rings. The Morgan fingerprint density at radius 3 is 2.70 bits per heavy atom. The third-order valence-corrected chi connectivity index (χ3v) is 4.19. The molecule has 6 nitrogen and oxygen atoms in total. The van der Waals surface area contributed by atoms with Gasteiger partial charge in [-0.1, -0.05) is 0 Å². The molecule has 2 N–H and O–H groups in total. The Balaban J connectivity index is 1.73. The molecule has 0 bridgehead atoms. The molecule has 1 aromatic carbocycles. The maximum atomic E-state index is 13.2. The summed E-state index contributed by atoms with van der Waals surface area (Å²) in [5.74, 6) is -1.86. The monoisotopic (exact) mass is 321 g/mol. The fourth-order valence-electron chi connectivity index (χ4n) is 2.69. The number of benzene rings is 1. The number of hydrogen-bond donors (Lipinski definition) is 2. The van der Waals surface area contributed by atoms with E-state index in [1.807, 2.05) is 0 Å². The highest BCUT2D eigenvalue weighted by molar-refractivity contribution is 5.96. The van der Waals surface area contributed by atoms with Crippen molar-refractivity contribution in [3.05, 3.63) is 35.8 Å². The molecule has 7 heteroatoms. The van der Waals surface area contributed by atoms with Crippen LogP contribution in [0.1, 0.15) is 23.4 Å². The topological polar surface area (TPSA) is 88.8 Å². The van der Waals surface area contributed by atoms with E-state index in [-0.39, 0.29) is 12.3 Å². The summed E-state index contributed by atoms with van der Waals surface area (Å²) in [6.45, 7) is 0.702. The first-order valence-corrected chi connectivity index (χ1v) is 7.29. The van der Waals surface area contributed by atoms with Crippen molar-refractivity contribution in [3.8, 4) is 0 Å². The molecule has 122 valence electrons. The van der Waals surface area contributed by atoms with E-state index in [1.165, 1.54) is 24.3 Å². The minimum atomic E-state index is -1.02. The van der Waals surface area contributed by atoms with Gasteiger partial charge in [-0.05, 0) is 37.1 Å². The predicted molar refractivity (Wildman–Crippen MR) is 78.6 cm³/mol. The molecule has 0 atom stereocenters. The van der Waals surface area contributed by atoms with Crippen molar-refractivity contribution in [3.63, 3.8) is 0 Å². The smallest absolute Gasteiger partial charge is 0.311 e. The SMILES string of the molecule is O=C(NCC1(C(=O)O)CCOCC1)c1cc2cc(F)ccc2o1. The van der Waals surface area contributed by atoms with Gasteiger partial charge >= 0.3 is 5.97 Å². The van der Waals surface area contributed by atoms with Gasteiger partial charge in [-0.3, -0.25) is 9.59 Å². The van der Waals surface area contributed by atoms with Crippen molar-refractivity contribution < 1.29 is 28.2 Å². The molecule has 1 saturated heterocycles. The van der Waals surface area contributed by atoms with Crippen LogP contribution in [-0.2, 0) is 9.53 Å². The summed E-state index contributed by atoms with van der Waals surface area (Å²) < 4.78 is 23.7. The van der Waals surface area contributed by atoms with E-state index < -0.39 is 23.1 Å². The van der Waals surface area contributed by atoms with Crippen molar-refractivity contribution in [2.24, 2.45) is 5.41 Å². The van der Waals surface area contributed by atoms with Crippen molar-refractivity contribution in [1.82, 2.24) is 5.32 Å². The van der Waals surface area contributed by atoms with Gasteiger partial charge in [0.25, 0.3) is 5.91 Å². The molecular weight excluding hydrogens is 305 g/mol. The highest BCUT2D eigenvalue weighted by Gasteiger charge is 2.40. The highest BCUT2D eigenvalue weighted by atomic mass is 19.1. The molecule has 23 heavy (non-hydrogen) atoms. The van der Waals surface area contributed by atoms with E-state index in [4.69, 9.17) is 9.15 Å². The Hall–Kier alpha value is -2.41. The van der Waals surface area contributed by atoms with Crippen LogP contribution >= 0.6 is 0 Å². The molecule has 0 unspecified atom stereocenters. The van der Waals surface area contributed by atoms with E-state index in [0.717, 1.165) is 0 Å². The Morgan fingerprint density at radius 1 is 1.26 bits per heavy atom. The molecule has 2 heterocycles. The number of halogens is 1. The van der Waals surface area contributed by atoms with E-state index in [1.54, 1.807) is 0 Å². The molecule has 1 aromatic heterocycles. The number of amides is 1. The molecule has 3 rings (SSSR count). The van der Waals surface area contributed by atoms with Crippen LogP contribution in [-0.4, -0.2) is 36.7 Å². The Labute approximate surface area is 131 Å². The number of rotatable bonds is 4. The fourth-order valence-corrected chi connectivity index (χ4v) is 2.69. The lowest BCUT2D eigenvalue weighted by atomic mass is 9.80. The zero-order valence-electron chi connectivity index (χ0n) is 12.3. The van der Waals surface area contributed by atoms with Gasteiger partial charge in [0.15, 0.2) is 5.76 Å². The number of carboxylic acids is 1. The van der Waals surface area contributed by atoms with Crippen LogP contribution in [0.4, 0.5) is 4.39 Å². The standard InChI is InChI=1S/C16H16FNO5/c17-11-1-2-12-10(7-11)8-13(23-12)14(19)18-9-16(15(20)21)3-5-22-6-4-16/h1-2,7-8H,3-6,9H2,(H,18,19)(H,20,21). The summed E-state index contributed by atoms with van der Waals surface area (Å²) in [6, 6.07) is 5.39. The maximum Gasteiger partial charge on any atom is 0.311 e. The number of aliphatic carboxylic acids is 1. The van der Waals surface area contributed by atoms with Gasteiger partial charge in [0.2, 0.25) is 0 Å². The summed E-state index contributed by atoms with van der Waals surface area (Å²) in [6.07, 6.45) is 0.682. The predicted octanol–water partition coefficient (Wildman–Crippen LogP) is 2.18. The van der Waals surface area contributed by atoms with Gasteiger partial charge in [-0.25, -0.2) is 4.39 Å². The average Bonchev–Trinajstić information content (AvgIpc) is 2.96. The lowest BCUT2D eigenvalue weighted by Gasteiger charge is -2.32. The van der Waals surface area contributed by atoms with Crippen LogP contribution in [0.2, 0.25) is 0 Å². The number of hydrogen-bond acceptors (Lipinski definition) is 4. The summed E-state index contributed by atoms with van der Waals surface area (Å²) in [4.78, 5) is 23.7. The number of furan rings is 1. The van der Waals surface area contributed by atoms with Gasteiger partial charge in [-0.15, -0.1) is 0 Å². The number of carbonyl (C=O) groups is 2. The number of nitrogens with one attached hydrogen (secondary N) is 1. The first kappa shape index (κ1) is 15.5. The molecule has 1 aliphatic rings. The molecule has 1 aliphatic heterocycles. The third-order valence-electron chi connectivity index (χ3n) is 4.19. The van der Waals surface area contributed by atoms with E-state index in [2.05, 4.69) is 5.32 Å². The summed E-state index contributed by atoms with van der Waals surface area (Å²) in [7, 11) is 0. The second kappa shape index (κ2) is 6.00. The highest BCUT2D eigenvalue weighted by Crippen LogP contribution is 2.30. The summed E-state index contributed by atoms with van der Waals surface area (Å²) in [5.41, 5.74) is -0.623. The summed E-state index contributed by atoms with van der Waals surface area (Å²) >= 11 is 0. The zero-order chi connectivity index (χ0) is 16.4. The molecular formula is C16H16FNO5. The lowest BCUT2D eigenvalue weighted by Crippen LogP contribution is -2.46. The maximum absolute atomic E-state index is 13.2. The number of fused-ring (bicyclic) bond motifs is 1. The normalized spacial score (nSPS) is 17.1. The van der Waals surface area contributed by atoms with Gasteiger partial charge in [-0.2, -0.15) is 0 Å². The number of carbonyl (C=O) groups excluding carboxylic acids is 1. The van der Waals surface area contributed by atoms with Crippen LogP contribution < -0.4 is 5.32 Å². The minimum Gasteiger partial charge on any atom is -0.481 e. The van der Waals surface area contributed by atoms with Gasteiger partial charge in [0.05, 0.1) is 5.41 Å². The molecule has 0 saturated carbocycles. The molecule has 0 aliphatic carbocycles. The minimum absolute atomic E-state index is 0.00403. The van der Waals surface area contributed by atoms with Crippen molar-refractivity contribution >= 4 is 22.8 Å². The quantitative estimate of drug-likeness (QED) is 0.901. The third kappa shape index (κ3) is 3.05. The van der Waals surface area contributed by atoms with Gasteiger partial charge in [0.1, 0.15) is 11.4 Å². The molecule has 0 spiro atoms. The van der Waals surface area contributed by atoms with Crippen molar-refractivity contribution in [2.45, 2.75) is 12.8 Å². The van der Waals surface area contributed by atoms with E-state index in [0.29, 0.717) is 37.0 Å². The lowest BCUT2D eigenvalue weighted by molar-refractivity contribution is -0.154. The molecule has 1 fully saturated rings. The van der Waals surface area contributed by atoms with Crippen molar-refractivity contribution in [1.29, 1.82) is 0 Å². The van der Waals surface area contributed by atoms with Gasteiger partial charge < -0.3 is 19.6 Å². The average molecular weight is 321 g/mol. The largest absolute Gasteiger partial charge is 0.481 e. The number of carboxylic acid groups (broad SMARTS) is 1. The first-order chi connectivity index (χ1) is 11.0.